The highest BCUT2D eigenvalue weighted by Crippen LogP contribution is 2.74. The molecule has 1 amide bonds. The van der Waals surface area contributed by atoms with Crippen LogP contribution < -0.4 is 5.32 Å². The van der Waals surface area contributed by atoms with E-state index >= 15 is 0 Å². The number of aliphatic hydroxyl groups is 1. The third-order valence-electron chi connectivity index (χ3n) is 12.3. The summed E-state index contributed by atoms with van der Waals surface area (Å²) in [6.45, 7) is 15.1. The minimum Gasteiger partial charge on any atom is -0.382 e. The van der Waals surface area contributed by atoms with Crippen molar-refractivity contribution in [3.05, 3.63) is 23.3 Å². The Balaban J connectivity index is 1.69. The molecule has 6 nitrogen and oxygen atoms in total. The van der Waals surface area contributed by atoms with Crippen LogP contribution in [0.15, 0.2) is 23.3 Å². The molecular weight excluding hydrogens is 476 g/mol. The molecule has 5 rings (SSSR count). The molecule has 5 aliphatic rings. The van der Waals surface area contributed by atoms with Crippen molar-refractivity contribution in [3.8, 4) is 6.07 Å². The van der Waals surface area contributed by atoms with Crippen molar-refractivity contribution in [2.24, 2.45) is 44.8 Å². The molecule has 38 heavy (non-hydrogen) atoms. The zero-order valence-electron chi connectivity index (χ0n) is 24.2. The summed E-state index contributed by atoms with van der Waals surface area (Å²) in [5.41, 5.74) is -2.71. The highest BCUT2D eigenvalue weighted by molar-refractivity contribution is 6.06. The Kier molecular flexibility index (Phi) is 5.84. The van der Waals surface area contributed by atoms with Crippen LogP contribution in [0.2, 0.25) is 0 Å². The normalized spacial score (nSPS) is 47.3. The second-order valence-electron chi connectivity index (χ2n) is 14.7. The summed E-state index contributed by atoms with van der Waals surface area (Å²) in [7, 11) is 0. The molecule has 0 unspecified atom stereocenters. The number of hydrogen-bond acceptors (Lipinski definition) is 5. The maximum absolute atomic E-state index is 14.4. The van der Waals surface area contributed by atoms with Gasteiger partial charge in [-0.1, -0.05) is 46.3 Å². The van der Waals surface area contributed by atoms with Gasteiger partial charge in [-0.25, -0.2) is 0 Å². The molecule has 0 aromatic carbocycles. The van der Waals surface area contributed by atoms with E-state index < -0.39 is 28.1 Å². The first-order valence-electron chi connectivity index (χ1n) is 14.5. The van der Waals surface area contributed by atoms with Crippen LogP contribution in [0.3, 0.4) is 0 Å². The lowest BCUT2D eigenvalue weighted by molar-refractivity contribution is -0.180. The van der Waals surface area contributed by atoms with E-state index in [0.717, 1.165) is 44.1 Å². The Hall–Kier alpha value is -2.26. The number of nitriles is 1. The molecule has 3 fully saturated rings. The van der Waals surface area contributed by atoms with Crippen LogP contribution >= 0.6 is 0 Å². The molecule has 0 aliphatic heterocycles. The zero-order valence-corrected chi connectivity index (χ0v) is 24.2. The molecule has 3 saturated carbocycles. The summed E-state index contributed by atoms with van der Waals surface area (Å²) in [6.07, 6.45) is 9.10. The van der Waals surface area contributed by atoms with Gasteiger partial charge in [0.2, 0.25) is 11.7 Å². The molecule has 0 saturated heterocycles. The van der Waals surface area contributed by atoms with Gasteiger partial charge in [0.1, 0.15) is 11.7 Å². The lowest BCUT2D eigenvalue weighted by atomic mass is 9.34. The Morgan fingerprint density at radius 1 is 1.08 bits per heavy atom. The van der Waals surface area contributed by atoms with Gasteiger partial charge in [-0.15, -0.1) is 0 Å². The van der Waals surface area contributed by atoms with E-state index in [9.17, 15) is 24.8 Å². The second-order valence-corrected chi connectivity index (χ2v) is 14.7. The van der Waals surface area contributed by atoms with Gasteiger partial charge < -0.3 is 10.4 Å². The Morgan fingerprint density at radius 3 is 2.37 bits per heavy atom. The van der Waals surface area contributed by atoms with Crippen LogP contribution in [-0.4, -0.2) is 34.7 Å². The van der Waals surface area contributed by atoms with Crippen LogP contribution in [0, 0.1) is 56.2 Å². The smallest absolute Gasteiger partial charge is 0.226 e. The Bertz CT molecular complexity index is 1220. The standard InChI is InChI=1S/C32H44N2O4/c1-8-34-26(37)32-13-11-27(2,3)17-20(32)24-21(35)15-23-28(4)16-19(18-33)25(36)31(7,38)22(28)9-10-29(23,5)30(24,6)12-14-32/h15-16,20,22,24,38H,8-14,17H2,1-7H3,(H,34,37)/t20-,22+,24-,28-,29+,30+,31-,32-/m0/s1. The minimum atomic E-state index is -1.66. The number of rotatable bonds is 2. The van der Waals surface area contributed by atoms with Crippen LogP contribution in [0.1, 0.15) is 93.4 Å². The predicted octanol–water partition coefficient (Wildman–Crippen LogP) is 5.07. The molecule has 0 aromatic heterocycles. The van der Waals surface area contributed by atoms with E-state index in [-0.39, 0.29) is 45.3 Å². The fourth-order valence-electron chi connectivity index (χ4n) is 10.0. The summed E-state index contributed by atoms with van der Waals surface area (Å²) in [5, 5.41) is 24.3. The first kappa shape index (κ1) is 27.3. The molecule has 8 atom stereocenters. The third-order valence-corrected chi connectivity index (χ3v) is 12.3. The van der Waals surface area contributed by atoms with Gasteiger partial charge in [0.25, 0.3) is 0 Å². The Labute approximate surface area is 227 Å². The molecule has 206 valence electrons. The Morgan fingerprint density at radius 2 is 1.74 bits per heavy atom. The van der Waals surface area contributed by atoms with Crippen LogP contribution in [0.4, 0.5) is 0 Å². The summed E-state index contributed by atoms with van der Waals surface area (Å²) >= 11 is 0. The number of nitrogens with zero attached hydrogens (tertiary/aromatic N) is 1. The molecule has 2 N–H and O–H groups in total. The van der Waals surface area contributed by atoms with Gasteiger partial charge in [0.05, 0.1) is 11.0 Å². The van der Waals surface area contributed by atoms with Crippen molar-refractivity contribution in [1.29, 1.82) is 5.26 Å². The lowest BCUT2D eigenvalue weighted by Gasteiger charge is -2.68. The molecular formula is C32H44N2O4. The monoisotopic (exact) mass is 520 g/mol. The van der Waals surface area contributed by atoms with Crippen molar-refractivity contribution >= 4 is 17.5 Å². The van der Waals surface area contributed by atoms with E-state index in [1.165, 1.54) is 6.92 Å². The first-order chi connectivity index (χ1) is 17.5. The lowest BCUT2D eigenvalue weighted by Crippen LogP contribution is -2.67. The fraction of sp³-hybridized carbons (Fsp3) is 0.750. The van der Waals surface area contributed by atoms with E-state index in [1.807, 2.05) is 26.0 Å². The van der Waals surface area contributed by atoms with Gasteiger partial charge >= 0.3 is 0 Å². The zero-order chi connectivity index (χ0) is 28.1. The van der Waals surface area contributed by atoms with E-state index in [1.54, 1.807) is 6.08 Å². The van der Waals surface area contributed by atoms with Crippen molar-refractivity contribution in [2.75, 3.05) is 6.54 Å². The molecule has 0 aromatic rings. The maximum Gasteiger partial charge on any atom is 0.226 e. The number of amides is 1. The number of hydrogen-bond donors (Lipinski definition) is 2. The predicted molar refractivity (Wildman–Crippen MR) is 144 cm³/mol. The van der Waals surface area contributed by atoms with E-state index in [4.69, 9.17) is 0 Å². The molecule has 6 heteroatoms. The van der Waals surface area contributed by atoms with Crippen LogP contribution in [-0.2, 0) is 14.4 Å². The number of carbonyl (C=O) groups is 3. The number of Topliss-reactive ketones (excluding diaryl/α,β-unsaturated/α-hetero) is 1. The molecule has 5 aliphatic carbocycles. The maximum atomic E-state index is 14.4. The number of carbonyl (C=O) groups excluding carboxylic acids is 3. The highest BCUT2D eigenvalue weighted by Gasteiger charge is 2.71. The van der Waals surface area contributed by atoms with Gasteiger partial charge in [0, 0.05) is 23.8 Å². The van der Waals surface area contributed by atoms with Crippen molar-refractivity contribution in [2.45, 2.75) is 99.0 Å². The molecule has 0 heterocycles. The fourth-order valence-corrected chi connectivity index (χ4v) is 10.0. The topological polar surface area (TPSA) is 107 Å². The number of fused-ring (bicyclic) bond motifs is 7. The van der Waals surface area contributed by atoms with E-state index in [0.29, 0.717) is 13.0 Å². The number of allylic oxidation sites excluding steroid dienone is 3. The van der Waals surface area contributed by atoms with Crippen molar-refractivity contribution < 1.29 is 19.5 Å². The third kappa shape index (κ3) is 3.23. The SMILES string of the molecule is CCNC(=O)[C@]12CCC(C)(C)C[C@H]1[C@H]1C(=O)C=C3[C@@]4(C)C=C(C#N)C(=O)[C@@](C)(O)[C@@H]4CC[C@@]3(C)[C@]1(C)CC2. The average molecular weight is 521 g/mol. The van der Waals surface area contributed by atoms with Gasteiger partial charge in [0.15, 0.2) is 5.78 Å². The van der Waals surface area contributed by atoms with Gasteiger partial charge in [-0.05, 0) is 87.0 Å². The van der Waals surface area contributed by atoms with Crippen molar-refractivity contribution in [3.63, 3.8) is 0 Å². The van der Waals surface area contributed by atoms with Crippen molar-refractivity contribution in [1.82, 2.24) is 5.32 Å². The largest absolute Gasteiger partial charge is 0.382 e. The first-order valence-corrected chi connectivity index (χ1v) is 14.5. The minimum absolute atomic E-state index is 0.0217. The molecule has 0 bridgehead atoms. The van der Waals surface area contributed by atoms with Crippen LogP contribution in [0.25, 0.3) is 0 Å². The summed E-state index contributed by atoms with van der Waals surface area (Å²) in [6, 6.07) is 2.02. The van der Waals surface area contributed by atoms with E-state index in [2.05, 4.69) is 33.0 Å². The quantitative estimate of drug-likeness (QED) is 0.529. The van der Waals surface area contributed by atoms with Gasteiger partial charge in [-0.3, -0.25) is 14.4 Å². The average Bonchev–Trinajstić information content (AvgIpc) is 2.82. The molecule has 0 radical (unpaired) electrons. The highest BCUT2D eigenvalue weighted by atomic mass is 16.3. The van der Waals surface area contributed by atoms with Crippen LogP contribution in [0.5, 0.6) is 0 Å². The second kappa shape index (κ2) is 8.13. The summed E-state index contributed by atoms with van der Waals surface area (Å²) in [5.74, 6) is -1.05. The van der Waals surface area contributed by atoms with Gasteiger partial charge in [-0.2, -0.15) is 5.26 Å². The summed E-state index contributed by atoms with van der Waals surface area (Å²) in [4.78, 5) is 41.1. The number of ketones is 2. The summed E-state index contributed by atoms with van der Waals surface area (Å²) < 4.78 is 0. The number of nitrogens with one attached hydrogen (secondary N) is 1. The molecule has 0 spiro atoms.